The zero-order valence-corrected chi connectivity index (χ0v) is 12.9. The van der Waals surface area contributed by atoms with Gasteiger partial charge < -0.3 is 10.3 Å². The van der Waals surface area contributed by atoms with Gasteiger partial charge in [0.15, 0.2) is 0 Å². The van der Waals surface area contributed by atoms with Crippen LogP contribution < -0.4 is 10.9 Å². The molecule has 0 unspecified atom stereocenters. The van der Waals surface area contributed by atoms with Gasteiger partial charge in [-0.2, -0.15) is 0 Å². The lowest BCUT2D eigenvalue weighted by atomic mass is 10.1. The first-order valence-corrected chi connectivity index (χ1v) is 6.96. The van der Waals surface area contributed by atoms with Crippen LogP contribution in [0.25, 0.3) is 11.3 Å². The third kappa shape index (κ3) is 3.95. The molecule has 1 heterocycles. The van der Waals surface area contributed by atoms with Crippen molar-refractivity contribution >= 4 is 17.5 Å². The number of hydrogen-bond donors (Lipinski definition) is 2. The van der Waals surface area contributed by atoms with Crippen LogP contribution in [0.5, 0.6) is 0 Å². The van der Waals surface area contributed by atoms with E-state index in [1.165, 1.54) is 6.07 Å². The molecule has 0 aliphatic rings. The van der Waals surface area contributed by atoms with Gasteiger partial charge in [-0.05, 0) is 50.6 Å². The Labute approximate surface area is 128 Å². The molecule has 5 heteroatoms. The van der Waals surface area contributed by atoms with Crippen molar-refractivity contribution in [3.8, 4) is 11.3 Å². The van der Waals surface area contributed by atoms with E-state index < -0.39 is 11.1 Å². The van der Waals surface area contributed by atoms with Gasteiger partial charge in [0.25, 0.3) is 11.5 Å². The number of amides is 1. The summed E-state index contributed by atoms with van der Waals surface area (Å²) in [5, 5.41) is 3.39. The minimum absolute atomic E-state index is 0.0997. The maximum atomic E-state index is 12.1. The lowest BCUT2D eigenvalue weighted by molar-refractivity contribution is 0.0918. The molecule has 1 aromatic carbocycles. The quantitative estimate of drug-likeness (QED) is 0.895. The number of aromatic nitrogens is 1. The van der Waals surface area contributed by atoms with Crippen molar-refractivity contribution in [1.82, 2.24) is 10.3 Å². The Kier molecular flexibility index (Phi) is 4.19. The van der Waals surface area contributed by atoms with Gasteiger partial charge >= 0.3 is 0 Å². The highest BCUT2D eigenvalue weighted by Gasteiger charge is 2.17. The second-order valence-electron chi connectivity index (χ2n) is 5.83. The molecule has 2 rings (SSSR count). The van der Waals surface area contributed by atoms with Crippen molar-refractivity contribution in [1.29, 1.82) is 0 Å². The average molecular weight is 305 g/mol. The van der Waals surface area contributed by atoms with Crippen LogP contribution in [-0.2, 0) is 0 Å². The summed E-state index contributed by atoms with van der Waals surface area (Å²) >= 11 is 5.83. The number of halogens is 1. The van der Waals surface area contributed by atoms with E-state index >= 15 is 0 Å². The lowest BCUT2D eigenvalue weighted by Gasteiger charge is -2.20. The van der Waals surface area contributed by atoms with Crippen LogP contribution in [-0.4, -0.2) is 16.4 Å². The molecule has 0 saturated heterocycles. The molecule has 0 bridgehead atoms. The van der Waals surface area contributed by atoms with E-state index in [0.717, 1.165) is 5.56 Å². The maximum Gasteiger partial charge on any atom is 0.261 e. The first kappa shape index (κ1) is 15.3. The Bertz CT molecular complexity index is 712. The number of H-pyrrole nitrogens is 1. The Morgan fingerprint density at radius 3 is 2.24 bits per heavy atom. The smallest absolute Gasteiger partial charge is 0.261 e. The molecule has 0 saturated carbocycles. The minimum atomic E-state index is -0.413. The summed E-state index contributed by atoms with van der Waals surface area (Å²) in [6.07, 6.45) is 0. The number of carbonyl (C=O) groups excluding carboxylic acids is 1. The highest BCUT2D eigenvalue weighted by atomic mass is 35.5. The summed E-state index contributed by atoms with van der Waals surface area (Å²) in [5.74, 6) is -0.383. The topological polar surface area (TPSA) is 62.0 Å². The molecule has 0 radical (unpaired) electrons. The monoisotopic (exact) mass is 304 g/mol. The molecule has 2 aromatic rings. The standard InChI is InChI=1S/C16H17ClN2O2/c1-16(2,3)19-15(21)12-8-9-13(18-14(12)20)10-4-6-11(17)7-5-10/h4-9H,1-3H3,(H,18,20)(H,19,21). The van der Waals surface area contributed by atoms with Gasteiger partial charge in [-0.15, -0.1) is 0 Å². The van der Waals surface area contributed by atoms with Crippen LogP contribution in [0.1, 0.15) is 31.1 Å². The van der Waals surface area contributed by atoms with Gasteiger partial charge in [0.05, 0.1) is 0 Å². The van der Waals surface area contributed by atoms with Crippen LogP contribution in [0.15, 0.2) is 41.2 Å². The van der Waals surface area contributed by atoms with E-state index in [9.17, 15) is 9.59 Å². The molecule has 1 aromatic heterocycles. The number of rotatable bonds is 2. The first-order chi connectivity index (χ1) is 9.76. The summed E-state index contributed by atoms with van der Waals surface area (Å²) < 4.78 is 0. The summed E-state index contributed by atoms with van der Waals surface area (Å²) in [7, 11) is 0. The van der Waals surface area contributed by atoms with Crippen molar-refractivity contribution in [2.75, 3.05) is 0 Å². The summed E-state index contributed by atoms with van der Waals surface area (Å²) in [5.41, 5.74) is 0.772. The van der Waals surface area contributed by atoms with Gasteiger partial charge in [0.1, 0.15) is 5.56 Å². The minimum Gasteiger partial charge on any atom is -0.347 e. The molecule has 0 aliphatic carbocycles. The predicted octanol–water partition coefficient (Wildman–Crippen LogP) is 3.22. The van der Waals surface area contributed by atoms with Crippen LogP contribution in [0.2, 0.25) is 5.02 Å². The average Bonchev–Trinajstić information content (AvgIpc) is 2.37. The number of pyridine rings is 1. The van der Waals surface area contributed by atoms with Gasteiger partial charge in [0.2, 0.25) is 0 Å². The molecular weight excluding hydrogens is 288 g/mol. The molecule has 21 heavy (non-hydrogen) atoms. The second-order valence-corrected chi connectivity index (χ2v) is 6.26. The Morgan fingerprint density at radius 2 is 1.71 bits per heavy atom. The van der Waals surface area contributed by atoms with Gasteiger partial charge in [-0.3, -0.25) is 9.59 Å². The van der Waals surface area contributed by atoms with E-state index in [1.807, 2.05) is 32.9 Å². The van der Waals surface area contributed by atoms with E-state index in [2.05, 4.69) is 10.3 Å². The summed E-state index contributed by atoms with van der Waals surface area (Å²) in [6, 6.07) is 10.3. The van der Waals surface area contributed by atoms with Crippen molar-refractivity contribution in [2.45, 2.75) is 26.3 Å². The van der Waals surface area contributed by atoms with Crippen molar-refractivity contribution in [3.05, 3.63) is 57.3 Å². The molecule has 0 atom stereocenters. The molecule has 0 fully saturated rings. The third-order valence-corrected chi connectivity index (χ3v) is 3.05. The van der Waals surface area contributed by atoms with Crippen LogP contribution >= 0.6 is 11.6 Å². The molecular formula is C16H17ClN2O2. The Morgan fingerprint density at radius 1 is 1.10 bits per heavy atom. The van der Waals surface area contributed by atoms with Crippen LogP contribution in [0.4, 0.5) is 0 Å². The SMILES string of the molecule is CC(C)(C)NC(=O)c1ccc(-c2ccc(Cl)cc2)[nH]c1=O. The number of carbonyl (C=O) groups is 1. The molecule has 4 nitrogen and oxygen atoms in total. The fraction of sp³-hybridized carbons (Fsp3) is 0.250. The third-order valence-electron chi connectivity index (χ3n) is 2.80. The fourth-order valence-electron chi connectivity index (χ4n) is 1.86. The second kappa shape index (κ2) is 5.74. The lowest BCUT2D eigenvalue weighted by Crippen LogP contribution is -2.42. The van der Waals surface area contributed by atoms with Crippen molar-refractivity contribution in [3.63, 3.8) is 0 Å². The van der Waals surface area contributed by atoms with Crippen molar-refractivity contribution in [2.24, 2.45) is 0 Å². The largest absolute Gasteiger partial charge is 0.347 e. The van der Waals surface area contributed by atoms with Crippen molar-refractivity contribution < 1.29 is 4.79 Å². The summed E-state index contributed by atoms with van der Waals surface area (Å²) in [4.78, 5) is 26.8. The normalized spacial score (nSPS) is 11.2. The van der Waals surface area contributed by atoms with Gasteiger partial charge in [-0.1, -0.05) is 23.7 Å². The van der Waals surface area contributed by atoms with E-state index in [0.29, 0.717) is 10.7 Å². The predicted molar refractivity (Wildman–Crippen MR) is 84.7 cm³/mol. The zero-order chi connectivity index (χ0) is 15.6. The first-order valence-electron chi connectivity index (χ1n) is 6.58. The van der Waals surface area contributed by atoms with Gasteiger partial charge in [0, 0.05) is 16.3 Å². The Hall–Kier alpha value is -2.07. The molecule has 110 valence electrons. The number of nitrogens with one attached hydrogen (secondary N) is 2. The Balaban J connectivity index is 2.32. The number of benzene rings is 1. The summed E-state index contributed by atoms with van der Waals surface area (Å²) in [6.45, 7) is 5.59. The van der Waals surface area contributed by atoms with E-state index in [1.54, 1.807) is 18.2 Å². The molecule has 0 spiro atoms. The molecule has 0 aliphatic heterocycles. The molecule has 1 amide bonds. The maximum absolute atomic E-state index is 12.1. The highest BCUT2D eigenvalue weighted by Crippen LogP contribution is 2.18. The van der Waals surface area contributed by atoms with E-state index in [4.69, 9.17) is 11.6 Å². The van der Waals surface area contributed by atoms with Crippen LogP contribution in [0.3, 0.4) is 0 Å². The highest BCUT2D eigenvalue weighted by molar-refractivity contribution is 6.30. The fourth-order valence-corrected chi connectivity index (χ4v) is 1.98. The number of aromatic amines is 1. The number of hydrogen-bond acceptors (Lipinski definition) is 2. The molecule has 2 N–H and O–H groups in total. The zero-order valence-electron chi connectivity index (χ0n) is 12.2. The van der Waals surface area contributed by atoms with Crippen LogP contribution in [0, 0.1) is 0 Å². The van der Waals surface area contributed by atoms with E-state index in [-0.39, 0.29) is 11.5 Å². The van der Waals surface area contributed by atoms with Gasteiger partial charge in [-0.25, -0.2) is 0 Å².